The number of hydrogen-bond acceptors (Lipinski definition) is 7. The highest BCUT2D eigenvalue weighted by molar-refractivity contribution is 9.10. The molecule has 1 aliphatic heterocycles. The number of ether oxygens (including phenoxy) is 2. The molecule has 4 heterocycles. The van der Waals surface area contributed by atoms with Gasteiger partial charge in [0, 0.05) is 29.8 Å². The van der Waals surface area contributed by atoms with Crippen molar-refractivity contribution in [2.45, 2.75) is 6.54 Å². The topological polar surface area (TPSA) is 110 Å². The number of amides is 1. The molecule has 1 fully saturated rings. The quantitative estimate of drug-likeness (QED) is 0.283. The van der Waals surface area contributed by atoms with E-state index in [-0.39, 0.29) is 5.91 Å². The van der Waals surface area contributed by atoms with Gasteiger partial charge in [-0.2, -0.15) is 5.10 Å². The summed E-state index contributed by atoms with van der Waals surface area (Å²) in [6, 6.07) is 19.1. The lowest BCUT2D eigenvalue weighted by Gasteiger charge is -2.27. The molecule has 10 nitrogen and oxygen atoms in total. The van der Waals surface area contributed by atoms with Crippen LogP contribution in [0.1, 0.15) is 15.9 Å². The molecule has 1 saturated heterocycles. The molecule has 6 rings (SSSR count). The number of fused-ring (bicyclic) bond motifs is 1. The predicted molar refractivity (Wildman–Crippen MR) is 152 cm³/mol. The second-order valence-corrected chi connectivity index (χ2v) is 10.0. The van der Waals surface area contributed by atoms with Crippen LogP contribution < -0.4 is 15.0 Å². The molecule has 2 aromatic carbocycles. The Morgan fingerprint density at radius 1 is 1.10 bits per heavy atom. The lowest BCUT2D eigenvalue weighted by atomic mass is 10.2. The van der Waals surface area contributed by atoms with E-state index in [1.54, 1.807) is 19.4 Å². The van der Waals surface area contributed by atoms with Gasteiger partial charge < -0.3 is 24.7 Å². The SMILES string of the molecule is COc1ccc(Cn2nc(NC(=O)c3ccc(N4CCOCC4)nc3)cc2-c2nc3cc(Br)ccc3[nH]2)cc1. The van der Waals surface area contributed by atoms with Crippen LogP contribution in [0.25, 0.3) is 22.6 Å². The van der Waals surface area contributed by atoms with E-state index in [0.29, 0.717) is 37.0 Å². The van der Waals surface area contributed by atoms with Crippen LogP contribution in [0.4, 0.5) is 11.6 Å². The number of rotatable bonds is 7. The molecular weight excluding hydrogens is 562 g/mol. The summed E-state index contributed by atoms with van der Waals surface area (Å²) in [5.74, 6) is 2.40. The van der Waals surface area contributed by atoms with Crippen molar-refractivity contribution in [2.75, 3.05) is 43.6 Å². The Morgan fingerprint density at radius 2 is 1.92 bits per heavy atom. The number of H-pyrrole nitrogens is 1. The van der Waals surface area contributed by atoms with Gasteiger partial charge in [0.2, 0.25) is 0 Å². The summed E-state index contributed by atoms with van der Waals surface area (Å²) in [7, 11) is 1.64. The molecule has 0 atom stereocenters. The molecule has 0 radical (unpaired) electrons. The monoisotopic (exact) mass is 587 g/mol. The number of benzene rings is 2. The fourth-order valence-corrected chi connectivity index (χ4v) is 4.83. The van der Waals surface area contributed by atoms with E-state index in [9.17, 15) is 4.79 Å². The second-order valence-electron chi connectivity index (χ2n) is 9.13. The van der Waals surface area contributed by atoms with Crippen molar-refractivity contribution in [1.29, 1.82) is 0 Å². The van der Waals surface area contributed by atoms with E-state index >= 15 is 0 Å². The first kappa shape index (κ1) is 25.1. The summed E-state index contributed by atoms with van der Waals surface area (Å²) in [5, 5.41) is 7.63. The molecule has 5 aromatic rings. The Bertz CT molecular complexity index is 1610. The summed E-state index contributed by atoms with van der Waals surface area (Å²) in [6.45, 7) is 3.39. The number of carbonyl (C=O) groups excluding carboxylic acids is 1. The van der Waals surface area contributed by atoms with Gasteiger partial charge in [0.1, 0.15) is 17.3 Å². The van der Waals surface area contributed by atoms with Gasteiger partial charge >= 0.3 is 0 Å². The van der Waals surface area contributed by atoms with Crippen molar-refractivity contribution in [3.63, 3.8) is 0 Å². The highest BCUT2D eigenvalue weighted by Gasteiger charge is 2.18. The predicted octanol–water partition coefficient (Wildman–Crippen LogP) is 4.73. The van der Waals surface area contributed by atoms with Crippen molar-refractivity contribution in [1.82, 2.24) is 24.7 Å². The Hall–Kier alpha value is -4.22. The molecule has 0 aliphatic carbocycles. The van der Waals surface area contributed by atoms with Crippen LogP contribution in [0.2, 0.25) is 0 Å². The van der Waals surface area contributed by atoms with Crippen LogP contribution >= 0.6 is 15.9 Å². The Labute approximate surface area is 233 Å². The standard InChI is InChI=1S/C28H26BrN7O3/c1-38-21-6-2-18(3-7-21)17-36-24(27-31-22-8-5-20(29)14-23(22)32-27)15-25(34-36)33-28(37)19-4-9-26(30-16-19)35-10-12-39-13-11-35/h2-9,14-16H,10-13,17H2,1H3,(H,31,32)(H,33,34,37). The van der Waals surface area contributed by atoms with Gasteiger partial charge in [-0.05, 0) is 48.0 Å². The molecule has 0 saturated carbocycles. The molecule has 0 unspecified atom stereocenters. The van der Waals surface area contributed by atoms with Gasteiger partial charge in [-0.25, -0.2) is 9.97 Å². The zero-order valence-electron chi connectivity index (χ0n) is 21.2. The van der Waals surface area contributed by atoms with Crippen molar-refractivity contribution < 1.29 is 14.3 Å². The molecule has 3 aromatic heterocycles. The normalized spacial score (nSPS) is 13.5. The van der Waals surface area contributed by atoms with E-state index in [2.05, 4.69) is 36.1 Å². The van der Waals surface area contributed by atoms with E-state index in [0.717, 1.165) is 51.4 Å². The average molecular weight is 588 g/mol. The number of aromatic amines is 1. The fraction of sp³-hybridized carbons (Fsp3) is 0.214. The minimum atomic E-state index is -0.287. The Kier molecular flexibility index (Phi) is 6.99. The highest BCUT2D eigenvalue weighted by Crippen LogP contribution is 2.26. The number of carbonyl (C=O) groups is 1. The number of pyridine rings is 1. The van der Waals surface area contributed by atoms with Crippen LogP contribution in [-0.4, -0.2) is 64.1 Å². The van der Waals surface area contributed by atoms with Gasteiger partial charge in [0.05, 0.1) is 43.5 Å². The summed E-state index contributed by atoms with van der Waals surface area (Å²) >= 11 is 3.51. The van der Waals surface area contributed by atoms with Crippen molar-refractivity contribution in [3.8, 4) is 17.3 Å². The molecule has 1 amide bonds. The van der Waals surface area contributed by atoms with Crippen LogP contribution in [0.3, 0.4) is 0 Å². The minimum absolute atomic E-state index is 0.287. The Balaban J connectivity index is 1.28. The van der Waals surface area contributed by atoms with Gasteiger partial charge in [-0.1, -0.05) is 28.1 Å². The van der Waals surface area contributed by atoms with Gasteiger partial charge in [0.25, 0.3) is 5.91 Å². The number of nitrogens with one attached hydrogen (secondary N) is 2. The maximum Gasteiger partial charge on any atom is 0.258 e. The molecule has 1 aliphatic rings. The summed E-state index contributed by atoms with van der Waals surface area (Å²) in [4.78, 5) is 27.9. The third-order valence-electron chi connectivity index (χ3n) is 6.55. The van der Waals surface area contributed by atoms with Crippen LogP contribution in [0.5, 0.6) is 5.75 Å². The number of hydrogen-bond donors (Lipinski definition) is 2. The van der Waals surface area contributed by atoms with Crippen LogP contribution in [0.15, 0.2) is 71.3 Å². The van der Waals surface area contributed by atoms with Crippen molar-refractivity contribution >= 4 is 44.5 Å². The molecular formula is C28H26BrN7O3. The first-order valence-corrected chi connectivity index (χ1v) is 13.3. The summed E-state index contributed by atoms with van der Waals surface area (Å²) in [5.41, 5.74) is 3.96. The number of methoxy groups -OCH3 is 1. The minimum Gasteiger partial charge on any atom is -0.497 e. The highest BCUT2D eigenvalue weighted by atomic mass is 79.9. The van der Waals surface area contributed by atoms with E-state index in [1.165, 1.54) is 0 Å². The zero-order valence-corrected chi connectivity index (χ0v) is 22.8. The maximum atomic E-state index is 13.1. The molecule has 39 heavy (non-hydrogen) atoms. The number of imidazole rings is 1. The number of nitrogens with zero attached hydrogens (tertiary/aromatic N) is 5. The molecule has 198 valence electrons. The molecule has 2 N–H and O–H groups in total. The van der Waals surface area contributed by atoms with E-state index in [4.69, 9.17) is 19.6 Å². The van der Waals surface area contributed by atoms with Crippen molar-refractivity contribution in [3.05, 3.63) is 82.5 Å². The first-order chi connectivity index (χ1) is 19.1. The van der Waals surface area contributed by atoms with Crippen LogP contribution in [0, 0.1) is 0 Å². The molecule has 11 heteroatoms. The van der Waals surface area contributed by atoms with E-state index in [1.807, 2.05) is 59.3 Å². The lowest BCUT2D eigenvalue weighted by molar-refractivity contribution is 0.102. The Morgan fingerprint density at radius 3 is 2.67 bits per heavy atom. The van der Waals surface area contributed by atoms with Crippen LogP contribution in [-0.2, 0) is 11.3 Å². The maximum absolute atomic E-state index is 13.1. The second kappa shape index (κ2) is 10.9. The van der Waals surface area contributed by atoms with Gasteiger partial charge in [-0.15, -0.1) is 0 Å². The third-order valence-corrected chi connectivity index (χ3v) is 7.04. The smallest absolute Gasteiger partial charge is 0.258 e. The molecule has 0 bridgehead atoms. The van der Waals surface area contributed by atoms with Gasteiger partial charge in [0.15, 0.2) is 11.6 Å². The third kappa shape index (κ3) is 5.50. The van der Waals surface area contributed by atoms with Gasteiger partial charge in [-0.3, -0.25) is 9.48 Å². The average Bonchev–Trinajstić information content (AvgIpc) is 3.57. The fourth-order valence-electron chi connectivity index (χ4n) is 4.48. The summed E-state index contributed by atoms with van der Waals surface area (Å²) < 4.78 is 13.5. The largest absolute Gasteiger partial charge is 0.497 e. The number of halogens is 1. The number of morpholine rings is 1. The zero-order chi connectivity index (χ0) is 26.8. The first-order valence-electron chi connectivity index (χ1n) is 12.5. The number of aromatic nitrogens is 5. The van der Waals surface area contributed by atoms with Crippen molar-refractivity contribution in [2.24, 2.45) is 0 Å². The summed E-state index contributed by atoms with van der Waals surface area (Å²) in [6.07, 6.45) is 1.59. The number of anilines is 2. The van der Waals surface area contributed by atoms with E-state index < -0.39 is 0 Å². The molecule has 0 spiro atoms. The lowest BCUT2D eigenvalue weighted by Crippen LogP contribution is -2.36.